The van der Waals surface area contributed by atoms with Crippen molar-refractivity contribution < 1.29 is 23.4 Å². The van der Waals surface area contributed by atoms with Gasteiger partial charge in [-0.25, -0.2) is 0 Å². The molecule has 0 atom stereocenters. The molecular weight excluding hydrogens is 452 g/mol. The quantitative estimate of drug-likeness (QED) is 0.392. The minimum absolute atomic E-state index is 0.165. The summed E-state index contributed by atoms with van der Waals surface area (Å²) in [5.41, 5.74) is 2.96. The van der Waals surface area contributed by atoms with Gasteiger partial charge in [-0.3, -0.25) is 9.59 Å². The molecule has 3 heterocycles. The molecule has 0 spiro atoms. The Morgan fingerprint density at radius 3 is 2.43 bits per heavy atom. The number of aromatic nitrogens is 3. The Balaban J connectivity index is 1.65. The number of carbonyl (C=O) groups excluding carboxylic acids is 1. The Labute approximate surface area is 202 Å². The average Bonchev–Trinajstić information content (AvgIpc) is 3.55. The molecular formula is C25H28N4O6. The number of methoxy groups -OCH3 is 3. The number of aryl methyl sites for hydroxylation is 1. The van der Waals surface area contributed by atoms with Gasteiger partial charge in [0, 0.05) is 36.4 Å². The molecule has 0 saturated heterocycles. The van der Waals surface area contributed by atoms with Crippen LogP contribution >= 0.6 is 0 Å². The third-order valence-corrected chi connectivity index (χ3v) is 6.03. The predicted octanol–water partition coefficient (Wildman–Crippen LogP) is 2.88. The number of benzene rings is 1. The Bertz CT molecular complexity index is 1390. The highest BCUT2D eigenvalue weighted by molar-refractivity contribution is 5.76. The fourth-order valence-electron chi connectivity index (χ4n) is 4.00. The lowest BCUT2D eigenvalue weighted by atomic mass is 10.1. The van der Waals surface area contributed by atoms with Gasteiger partial charge in [0.1, 0.15) is 11.4 Å². The average molecular weight is 481 g/mol. The summed E-state index contributed by atoms with van der Waals surface area (Å²) in [6, 6.07) is 8.95. The number of furan rings is 1. The molecule has 184 valence electrons. The summed E-state index contributed by atoms with van der Waals surface area (Å²) in [6.07, 6.45) is 2.02. The zero-order valence-corrected chi connectivity index (χ0v) is 20.4. The van der Waals surface area contributed by atoms with Gasteiger partial charge in [0.15, 0.2) is 11.5 Å². The van der Waals surface area contributed by atoms with Crippen LogP contribution in [0.3, 0.4) is 0 Å². The molecule has 0 aliphatic rings. The maximum atomic E-state index is 13.3. The summed E-state index contributed by atoms with van der Waals surface area (Å²) in [4.78, 5) is 25.6. The van der Waals surface area contributed by atoms with Crippen LogP contribution in [0.4, 0.5) is 0 Å². The van der Waals surface area contributed by atoms with Gasteiger partial charge in [-0.15, -0.1) is 0 Å². The van der Waals surface area contributed by atoms with E-state index in [0.717, 1.165) is 5.69 Å². The third kappa shape index (κ3) is 4.59. The largest absolute Gasteiger partial charge is 0.493 e. The Morgan fingerprint density at radius 2 is 1.83 bits per heavy atom. The standard InChI is InChI=1S/C25H28N4O6/c1-15-18(8-9-22(30)26-14-17-7-6-10-35-17)25(31)29-23(28(15)2)13-19(27-29)16-11-20(32-3)24(34-5)21(12-16)33-4/h6-7,10-13H,8-9,14H2,1-5H3,(H,26,30). The van der Waals surface area contributed by atoms with Gasteiger partial charge in [-0.2, -0.15) is 9.61 Å². The first-order valence-corrected chi connectivity index (χ1v) is 11.1. The van der Waals surface area contributed by atoms with E-state index < -0.39 is 0 Å². The third-order valence-electron chi connectivity index (χ3n) is 6.03. The van der Waals surface area contributed by atoms with E-state index in [4.69, 9.17) is 18.6 Å². The zero-order valence-electron chi connectivity index (χ0n) is 20.4. The van der Waals surface area contributed by atoms with Gasteiger partial charge in [0.25, 0.3) is 5.56 Å². The van der Waals surface area contributed by atoms with Crippen molar-refractivity contribution in [2.75, 3.05) is 21.3 Å². The smallest absolute Gasteiger partial charge is 0.277 e. The van der Waals surface area contributed by atoms with Gasteiger partial charge >= 0.3 is 0 Å². The molecule has 3 aromatic heterocycles. The first-order valence-electron chi connectivity index (χ1n) is 11.1. The van der Waals surface area contributed by atoms with Crippen LogP contribution in [0, 0.1) is 6.92 Å². The van der Waals surface area contributed by atoms with Crippen LogP contribution in [-0.2, 0) is 24.8 Å². The summed E-state index contributed by atoms with van der Waals surface area (Å²) in [6.45, 7) is 2.17. The van der Waals surface area contributed by atoms with Crippen molar-refractivity contribution in [2.45, 2.75) is 26.3 Å². The van der Waals surface area contributed by atoms with Crippen molar-refractivity contribution >= 4 is 11.6 Å². The number of hydrogen-bond donors (Lipinski definition) is 1. The second kappa shape index (κ2) is 9.96. The summed E-state index contributed by atoms with van der Waals surface area (Å²) < 4.78 is 24.8. The molecule has 0 fully saturated rings. The van der Waals surface area contributed by atoms with Crippen molar-refractivity contribution in [2.24, 2.45) is 7.05 Å². The number of nitrogens with one attached hydrogen (secondary N) is 1. The summed E-state index contributed by atoms with van der Waals surface area (Å²) in [7, 11) is 6.49. The fraction of sp³-hybridized carbons (Fsp3) is 0.320. The maximum Gasteiger partial charge on any atom is 0.277 e. The molecule has 10 heteroatoms. The number of carbonyl (C=O) groups is 1. The molecule has 1 N–H and O–H groups in total. The van der Waals surface area contributed by atoms with Crippen molar-refractivity contribution in [3.8, 4) is 28.5 Å². The van der Waals surface area contributed by atoms with E-state index in [0.29, 0.717) is 52.0 Å². The maximum absolute atomic E-state index is 13.3. The molecule has 0 bridgehead atoms. The molecule has 35 heavy (non-hydrogen) atoms. The minimum atomic E-state index is -0.256. The predicted molar refractivity (Wildman–Crippen MR) is 129 cm³/mol. The molecule has 0 radical (unpaired) electrons. The normalized spacial score (nSPS) is 11.0. The van der Waals surface area contributed by atoms with Crippen LogP contribution < -0.4 is 25.1 Å². The van der Waals surface area contributed by atoms with Crippen LogP contribution in [0.15, 0.2) is 45.8 Å². The Morgan fingerprint density at radius 1 is 1.11 bits per heavy atom. The summed E-state index contributed by atoms with van der Waals surface area (Å²) in [5, 5.41) is 7.37. The number of hydrogen-bond acceptors (Lipinski definition) is 7. The molecule has 4 rings (SSSR count). The summed E-state index contributed by atoms with van der Waals surface area (Å²) >= 11 is 0. The molecule has 1 aromatic carbocycles. The highest BCUT2D eigenvalue weighted by Crippen LogP contribution is 2.41. The van der Waals surface area contributed by atoms with E-state index in [1.54, 1.807) is 44.7 Å². The van der Waals surface area contributed by atoms with E-state index >= 15 is 0 Å². The minimum Gasteiger partial charge on any atom is -0.493 e. The van der Waals surface area contributed by atoms with E-state index in [2.05, 4.69) is 10.4 Å². The first kappa shape index (κ1) is 23.9. The Kier molecular flexibility index (Phi) is 6.81. The second-order valence-electron chi connectivity index (χ2n) is 8.00. The number of fused-ring (bicyclic) bond motifs is 1. The Hall–Kier alpha value is -4.21. The number of amides is 1. The number of ether oxygens (including phenoxy) is 3. The zero-order chi connectivity index (χ0) is 25.1. The van der Waals surface area contributed by atoms with Gasteiger partial charge in [0.05, 0.1) is 39.8 Å². The van der Waals surface area contributed by atoms with Crippen LogP contribution in [0.1, 0.15) is 23.4 Å². The van der Waals surface area contributed by atoms with Crippen LogP contribution in [0.2, 0.25) is 0 Å². The molecule has 0 aliphatic carbocycles. The SMILES string of the molecule is COc1cc(-c2cc3n(C)c(C)c(CCC(=O)NCc4ccco4)c(=O)n3n2)cc(OC)c1OC. The van der Waals surface area contributed by atoms with Crippen LogP contribution in [-0.4, -0.2) is 41.4 Å². The molecule has 4 aromatic rings. The molecule has 0 saturated carbocycles. The topological polar surface area (TPSA) is 109 Å². The van der Waals surface area contributed by atoms with Crippen molar-refractivity contribution in [1.29, 1.82) is 0 Å². The van der Waals surface area contributed by atoms with Crippen LogP contribution in [0.5, 0.6) is 17.2 Å². The van der Waals surface area contributed by atoms with E-state index in [1.165, 1.54) is 11.6 Å². The second-order valence-corrected chi connectivity index (χ2v) is 8.00. The summed E-state index contributed by atoms with van der Waals surface area (Å²) in [5.74, 6) is 1.96. The van der Waals surface area contributed by atoms with E-state index in [9.17, 15) is 9.59 Å². The first-order chi connectivity index (χ1) is 16.9. The van der Waals surface area contributed by atoms with Gasteiger partial charge < -0.3 is 28.5 Å². The van der Waals surface area contributed by atoms with Crippen molar-refractivity contribution in [3.05, 3.63) is 64.0 Å². The number of rotatable bonds is 9. The lowest BCUT2D eigenvalue weighted by molar-refractivity contribution is -0.121. The van der Waals surface area contributed by atoms with Crippen molar-refractivity contribution in [1.82, 2.24) is 19.5 Å². The van der Waals surface area contributed by atoms with E-state index in [1.807, 2.05) is 24.6 Å². The number of nitrogens with zero attached hydrogens (tertiary/aromatic N) is 3. The van der Waals surface area contributed by atoms with Crippen molar-refractivity contribution in [3.63, 3.8) is 0 Å². The fourth-order valence-corrected chi connectivity index (χ4v) is 4.00. The molecule has 10 nitrogen and oxygen atoms in total. The molecule has 0 unspecified atom stereocenters. The van der Waals surface area contributed by atoms with E-state index in [-0.39, 0.29) is 24.3 Å². The highest BCUT2D eigenvalue weighted by atomic mass is 16.5. The molecule has 1 amide bonds. The molecule has 0 aliphatic heterocycles. The van der Waals surface area contributed by atoms with Gasteiger partial charge in [-0.05, 0) is 37.6 Å². The monoisotopic (exact) mass is 480 g/mol. The van der Waals surface area contributed by atoms with Gasteiger partial charge in [-0.1, -0.05) is 0 Å². The van der Waals surface area contributed by atoms with Gasteiger partial charge in [0.2, 0.25) is 11.7 Å². The lowest BCUT2D eigenvalue weighted by Gasteiger charge is -2.13. The highest BCUT2D eigenvalue weighted by Gasteiger charge is 2.19. The lowest BCUT2D eigenvalue weighted by Crippen LogP contribution is -2.27. The van der Waals surface area contributed by atoms with Crippen LogP contribution in [0.25, 0.3) is 16.9 Å².